The van der Waals surface area contributed by atoms with Crippen LogP contribution in [0.1, 0.15) is 46.4 Å². The molecule has 0 aliphatic carbocycles. The van der Waals surface area contributed by atoms with E-state index >= 15 is 0 Å². The Kier molecular flexibility index (Phi) is 7.35. The molecule has 0 unspecified atom stereocenters. The van der Waals surface area contributed by atoms with Gasteiger partial charge in [-0.1, -0.05) is 12.1 Å². The highest BCUT2D eigenvalue weighted by atomic mass is 16.5. The number of fused-ring (bicyclic) bond motifs is 1. The zero-order valence-corrected chi connectivity index (χ0v) is 18.8. The number of rotatable bonds is 7. The number of methoxy groups -OCH3 is 3. The summed E-state index contributed by atoms with van der Waals surface area (Å²) in [4.78, 5) is 38.4. The van der Waals surface area contributed by atoms with Gasteiger partial charge in [-0.2, -0.15) is 0 Å². The monoisotopic (exact) mass is 440 g/mol. The van der Waals surface area contributed by atoms with E-state index in [0.29, 0.717) is 36.6 Å². The minimum absolute atomic E-state index is 0.0331. The molecule has 1 N–H and O–H groups in total. The second-order valence-corrected chi connectivity index (χ2v) is 7.56. The number of ether oxygens (including phenoxy) is 3. The van der Waals surface area contributed by atoms with Crippen molar-refractivity contribution in [1.29, 1.82) is 0 Å². The number of carbonyl (C=O) groups excluding carboxylic acids is 3. The van der Waals surface area contributed by atoms with E-state index < -0.39 is 12.0 Å². The molecule has 8 heteroatoms. The molecule has 0 aromatic heterocycles. The molecule has 3 rings (SSSR count). The lowest BCUT2D eigenvalue weighted by molar-refractivity contribution is -0.142. The minimum Gasteiger partial charge on any atom is -0.493 e. The largest absolute Gasteiger partial charge is 0.493 e. The van der Waals surface area contributed by atoms with Gasteiger partial charge in [-0.05, 0) is 47.4 Å². The van der Waals surface area contributed by atoms with Gasteiger partial charge in [-0.3, -0.25) is 14.4 Å². The van der Waals surface area contributed by atoms with E-state index in [2.05, 4.69) is 5.32 Å². The highest BCUT2D eigenvalue weighted by Gasteiger charge is 2.34. The molecule has 2 aromatic rings. The molecule has 1 atom stereocenters. The molecule has 0 saturated heterocycles. The molecule has 8 nitrogen and oxygen atoms in total. The molecule has 1 heterocycles. The van der Waals surface area contributed by atoms with Gasteiger partial charge in [0.1, 0.15) is 0 Å². The first-order chi connectivity index (χ1) is 15.4. The van der Waals surface area contributed by atoms with E-state index in [1.165, 1.54) is 14.0 Å². The van der Waals surface area contributed by atoms with E-state index in [-0.39, 0.29) is 18.2 Å². The van der Waals surface area contributed by atoms with E-state index in [4.69, 9.17) is 14.2 Å². The Labute approximate surface area is 187 Å². The Morgan fingerprint density at radius 2 is 1.69 bits per heavy atom. The fraction of sp³-hybridized carbons (Fsp3) is 0.375. The predicted octanol–water partition coefficient (Wildman–Crippen LogP) is 2.64. The Balaban J connectivity index is 1.92. The summed E-state index contributed by atoms with van der Waals surface area (Å²) in [7, 11) is 4.46. The average Bonchev–Trinajstić information content (AvgIpc) is 2.81. The van der Waals surface area contributed by atoms with Crippen molar-refractivity contribution < 1.29 is 28.6 Å². The van der Waals surface area contributed by atoms with Crippen LogP contribution in [0.5, 0.6) is 11.5 Å². The van der Waals surface area contributed by atoms with Crippen molar-refractivity contribution in [3.8, 4) is 11.5 Å². The molecular formula is C24H28N2O6. The van der Waals surface area contributed by atoms with Crippen LogP contribution in [-0.2, 0) is 27.3 Å². The zero-order valence-electron chi connectivity index (χ0n) is 18.8. The van der Waals surface area contributed by atoms with Crippen LogP contribution >= 0.6 is 0 Å². The lowest BCUT2D eigenvalue weighted by Gasteiger charge is -2.37. The van der Waals surface area contributed by atoms with Crippen LogP contribution in [0.15, 0.2) is 36.4 Å². The molecule has 0 spiro atoms. The van der Waals surface area contributed by atoms with E-state index in [1.807, 2.05) is 24.3 Å². The quantitative estimate of drug-likeness (QED) is 0.666. The van der Waals surface area contributed by atoms with E-state index in [9.17, 15) is 14.4 Å². The number of carbonyl (C=O) groups is 3. The number of nitrogens with zero attached hydrogens (tertiary/aromatic N) is 1. The van der Waals surface area contributed by atoms with E-state index in [0.717, 1.165) is 16.7 Å². The summed E-state index contributed by atoms with van der Waals surface area (Å²) >= 11 is 0. The molecule has 0 radical (unpaired) electrons. The van der Waals surface area contributed by atoms with Crippen LogP contribution in [0.2, 0.25) is 0 Å². The second kappa shape index (κ2) is 10.2. The molecule has 2 amide bonds. The maximum absolute atomic E-state index is 13.4. The summed E-state index contributed by atoms with van der Waals surface area (Å²) in [5.41, 5.74) is 3.25. The molecule has 0 fully saturated rings. The van der Waals surface area contributed by atoms with Crippen molar-refractivity contribution in [2.24, 2.45) is 0 Å². The lowest BCUT2D eigenvalue weighted by atomic mass is 9.89. The van der Waals surface area contributed by atoms with Gasteiger partial charge in [0, 0.05) is 25.6 Å². The number of hydrogen-bond acceptors (Lipinski definition) is 6. The van der Waals surface area contributed by atoms with Gasteiger partial charge in [-0.15, -0.1) is 0 Å². The highest BCUT2D eigenvalue weighted by molar-refractivity contribution is 5.95. The number of nitrogens with one attached hydrogen (secondary N) is 1. The normalized spacial score (nSPS) is 14.9. The number of esters is 1. The summed E-state index contributed by atoms with van der Waals surface area (Å²) in [6.45, 7) is 2.31. The molecule has 1 aliphatic heterocycles. The first-order valence-electron chi connectivity index (χ1n) is 10.3. The maximum Gasteiger partial charge on any atom is 0.307 e. The molecular weight excluding hydrogens is 412 g/mol. The third-order valence-corrected chi connectivity index (χ3v) is 5.59. The van der Waals surface area contributed by atoms with Gasteiger partial charge >= 0.3 is 5.97 Å². The Hall–Kier alpha value is -3.55. The van der Waals surface area contributed by atoms with Gasteiger partial charge in [0.05, 0.1) is 33.8 Å². The van der Waals surface area contributed by atoms with Crippen LogP contribution in [0.25, 0.3) is 0 Å². The van der Waals surface area contributed by atoms with Crippen LogP contribution in [0.3, 0.4) is 0 Å². The first kappa shape index (κ1) is 23.1. The number of benzene rings is 2. The van der Waals surface area contributed by atoms with Gasteiger partial charge in [0.25, 0.3) is 5.91 Å². The summed E-state index contributed by atoms with van der Waals surface area (Å²) < 4.78 is 15.7. The standard InChI is InChI=1S/C24H28N2O6/c1-15(27)25-14-16-5-7-17(8-6-16)24(29)26-10-9-18-11-21(30-2)22(31-3)12-19(18)20(26)13-23(28)32-4/h5-8,11-12,20H,9-10,13-14H2,1-4H3,(H,25,27)/t20-/m0/s1. The Bertz CT molecular complexity index is 1000. The SMILES string of the molecule is COC(=O)C[C@H]1c2cc(OC)c(OC)cc2CCN1C(=O)c1ccc(CNC(C)=O)cc1. The van der Waals surface area contributed by atoms with Crippen molar-refractivity contribution in [3.63, 3.8) is 0 Å². The smallest absolute Gasteiger partial charge is 0.307 e. The van der Waals surface area contributed by atoms with Crippen molar-refractivity contribution in [2.45, 2.75) is 32.4 Å². The summed E-state index contributed by atoms with van der Waals surface area (Å²) in [6, 6.07) is 10.3. The first-order valence-corrected chi connectivity index (χ1v) is 10.3. The topological polar surface area (TPSA) is 94.2 Å². The fourth-order valence-electron chi connectivity index (χ4n) is 3.89. The van der Waals surface area contributed by atoms with Crippen LogP contribution in [-0.4, -0.2) is 50.6 Å². The minimum atomic E-state index is -0.488. The second-order valence-electron chi connectivity index (χ2n) is 7.56. The summed E-state index contributed by atoms with van der Waals surface area (Å²) in [5, 5.41) is 2.73. The molecule has 0 saturated carbocycles. The molecule has 0 bridgehead atoms. The van der Waals surface area contributed by atoms with Crippen LogP contribution in [0.4, 0.5) is 0 Å². The number of hydrogen-bond donors (Lipinski definition) is 1. The van der Waals surface area contributed by atoms with Crippen molar-refractivity contribution in [3.05, 3.63) is 58.7 Å². The summed E-state index contributed by atoms with van der Waals surface area (Å²) in [5.74, 6) is 0.455. The van der Waals surface area contributed by atoms with Gasteiger partial charge in [0.2, 0.25) is 5.91 Å². The van der Waals surface area contributed by atoms with Crippen molar-refractivity contribution in [2.75, 3.05) is 27.9 Å². The Morgan fingerprint density at radius 3 is 2.28 bits per heavy atom. The number of amides is 2. The lowest BCUT2D eigenvalue weighted by Crippen LogP contribution is -2.41. The average molecular weight is 440 g/mol. The highest BCUT2D eigenvalue weighted by Crippen LogP contribution is 2.40. The van der Waals surface area contributed by atoms with Crippen molar-refractivity contribution in [1.82, 2.24) is 10.2 Å². The molecule has 170 valence electrons. The van der Waals surface area contributed by atoms with Gasteiger partial charge in [0.15, 0.2) is 11.5 Å². The Morgan fingerprint density at radius 1 is 1.03 bits per heavy atom. The van der Waals surface area contributed by atoms with Crippen LogP contribution in [0, 0.1) is 0 Å². The van der Waals surface area contributed by atoms with Gasteiger partial charge < -0.3 is 24.4 Å². The maximum atomic E-state index is 13.4. The third kappa shape index (κ3) is 5.01. The molecule has 1 aliphatic rings. The molecule has 32 heavy (non-hydrogen) atoms. The predicted molar refractivity (Wildman–Crippen MR) is 118 cm³/mol. The van der Waals surface area contributed by atoms with E-state index in [1.54, 1.807) is 31.3 Å². The van der Waals surface area contributed by atoms with Crippen molar-refractivity contribution >= 4 is 17.8 Å². The third-order valence-electron chi connectivity index (χ3n) is 5.59. The van der Waals surface area contributed by atoms with Gasteiger partial charge in [-0.25, -0.2) is 0 Å². The zero-order chi connectivity index (χ0) is 23.3. The van der Waals surface area contributed by atoms with Crippen LogP contribution < -0.4 is 14.8 Å². The summed E-state index contributed by atoms with van der Waals surface area (Å²) in [6.07, 6.45) is 0.658. The fourth-order valence-corrected chi connectivity index (χ4v) is 3.89. The molecule has 2 aromatic carbocycles.